The van der Waals surface area contributed by atoms with Gasteiger partial charge in [-0.05, 0) is 35.7 Å². The van der Waals surface area contributed by atoms with E-state index in [0.29, 0.717) is 0 Å². The zero-order chi connectivity index (χ0) is 15.7. The van der Waals surface area contributed by atoms with Crippen LogP contribution in [0.2, 0.25) is 0 Å². The number of benzene rings is 2. The Labute approximate surface area is 126 Å². The molecule has 0 aliphatic rings. The largest absolute Gasteiger partial charge is 0.329 e. The maximum atomic E-state index is 12.6. The fraction of sp³-hybridized carbons (Fsp3) is 0.375. The van der Waals surface area contributed by atoms with Crippen molar-refractivity contribution in [2.75, 3.05) is 6.54 Å². The average Bonchev–Trinajstić information content (AvgIpc) is 2.46. The van der Waals surface area contributed by atoms with Crippen LogP contribution in [-0.4, -0.2) is 20.5 Å². The van der Waals surface area contributed by atoms with Gasteiger partial charge in [0.1, 0.15) is 0 Å². The van der Waals surface area contributed by atoms with Crippen molar-refractivity contribution in [1.29, 1.82) is 0 Å². The highest BCUT2D eigenvalue weighted by atomic mass is 32.2. The van der Waals surface area contributed by atoms with Gasteiger partial charge in [-0.25, -0.2) is 13.1 Å². The molecule has 21 heavy (non-hydrogen) atoms. The minimum atomic E-state index is -3.60. The van der Waals surface area contributed by atoms with E-state index in [9.17, 15) is 8.42 Å². The molecule has 1 unspecified atom stereocenters. The lowest BCUT2D eigenvalue weighted by Crippen LogP contribution is -2.54. The monoisotopic (exact) mass is 306 g/mol. The zero-order valence-electron chi connectivity index (χ0n) is 12.6. The van der Waals surface area contributed by atoms with Gasteiger partial charge in [-0.3, -0.25) is 0 Å². The van der Waals surface area contributed by atoms with Gasteiger partial charge < -0.3 is 5.73 Å². The second kappa shape index (κ2) is 5.75. The Morgan fingerprint density at radius 2 is 1.76 bits per heavy atom. The molecule has 0 saturated carbocycles. The van der Waals surface area contributed by atoms with E-state index < -0.39 is 15.6 Å². The zero-order valence-corrected chi connectivity index (χ0v) is 13.4. The molecule has 0 radical (unpaired) electrons. The van der Waals surface area contributed by atoms with Crippen LogP contribution < -0.4 is 10.5 Å². The first kappa shape index (κ1) is 15.9. The molecule has 0 saturated heterocycles. The Morgan fingerprint density at radius 1 is 1.14 bits per heavy atom. The third-order valence-corrected chi connectivity index (χ3v) is 5.71. The lowest BCUT2D eigenvalue weighted by atomic mass is 9.90. The highest BCUT2D eigenvalue weighted by Crippen LogP contribution is 2.22. The Hall–Kier alpha value is -1.43. The van der Waals surface area contributed by atoms with Crippen molar-refractivity contribution in [3.05, 3.63) is 42.5 Å². The predicted molar refractivity (Wildman–Crippen MR) is 86.6 cm³/mol. The maximum Gasteiger partial charge on any atom is 0.241 e. The summed E-state index contributed by atoms with van der Waals surface area (Å²) in [7, 11) is -3.60. The van der Waals surface area contributed by atoms with E-state index >= 15 is 0 Å². The first-order valence-electron chi connectivity index (χ1n) is 7.01. The molecule has 114 valence electrons. The van der Waals surface area contributed by atoms with Gasteiger partial charge in [0, 0.05) is 12.1 Å². The number of hydrogen-bond donors (Lipinski definition) is 2. The van der Waals surface area contributed by atoms with Crippen LogP contribution in [0.5, 0.6) is 0 Å². The van der Waals surface area contributed by atoms with Gasteiger partial charge in [0.25, 0.3) is 0 Å². The van der Waals surface area contributed by atoms with Crippen molar-refractivity contribution in [3.8, 4) is 0 Å². The van der Waals surface area contributed by atoms with Crippen LogP contribution in [-0.2, 0) is 10.0 Å². The van der Waals surface area contributed by atoms with E-state index in [1.807, 2.05) is 51.1 Å². The third kappa shape index (κ3) is 3.26. The molecule has 2 rings (SSSR count). The molecule has 3 N–H and O–H groups in total. The van der Waals surface area contributed by atoms with E-state index in [1.54, 1.807) is 12.1 Å². The van der Waals surface area contributed by atoms with Gasteiger partial charge >= 0.3 is 0 Å². The van der Waals surface area contributed by atoms with Crippen molar-refractivity contribution in [2.24, 2.45) is 11.7 Å². The van der Waals surface area contributed by atoms with Crippen LogP contribution >= 0.6 is 0 Å². The van der Waals surface area contributed by atoms with Gasteiger partial charge in [0.15, 0.2) is 0 Å². The minimum Gasteiger partial charge on any atom is -0.329 e. The van der Waals surface area contributed by atoms with E-state index in [1.165, 1.54) is 0 Å². The standard InChI is InChI=1S/C16H22N2O2S/c1-12(2)16(3,11-17)18-21(19,20)15-9-8-13-6-4-5-7-14(13)10-15/h4-10,12,18H,11,17H2,1-3H3. The smallest absolute Gasteiger partial charge is 0.241 e. The summed E-state index contributed by atoms with van der Waals surface area (Å²) in [6.45, 7) is 5.99. The van der Waals surface area contributed by atoms with Crippen molar-refractivity contribution >= 4 is 20.8 Å². The minimum absolute atomic E-state index is 0.0951. The molecule has 0 heterocycles. The summed E-state index contributed by atoms with van der Waals surface area (Å²) in [5, 5.41) is 1.92. The molecule has 5 heteroatoms. The van der Waals surface area contributed by atoms with Crippen LogP contribution in [0, 0.1) is 5.92 Å². The molecule has 0 amide bonds. The summed E-state index contributed by atoms with van der Waals surface area (Å²) in [4.78, 5) is 0.265. The number of rotatable bonds is 5. The molecule has 0 bridgehead atoms. The molecule has 4 nitrogen and oxygen atoms in total. The normalized spacial score (nSPS) is 15.3. The Morgan fingerprint density at radius 3 is 2.33 bits per heavy atom. The van der Waals surface area contributed by atoms with Crippen molar-refractivity contribution in [2.45, 2.75) is 31.2 Å². The Balaban J connectivity index is 2.42. The highest BCUT2D eigenvalue weighted by Gasteiger charge is 2.32. The molecule has 0 aliphatic heterocycles. The van der Waals surface area contributed by atoms with E-state index in [-0.39, 0.29) is 17.4 Å². The number of nitrogens with one attached hydrogen (secondary N) is 1. The third-order valence-electron chi connectivity index (χ3n) is 4.10. The first-order valence-corrected chi connectivity index (χ1v) is 8.50. The van der Waals surface area contributed by atoms with E-state index in [4.69, 9.17) is 5.73 Å². The predicted octanol–water partition coefficient (Wildman–Crippen LogP) is 2.49. The summed E-state index contributed by atoms with van der Waals surface area (Å²) in [5.41, 5.74) is 5.09. The lowest BCUT2D eigenvalue weighted by Gasteiger charge is -2.33. The van der Waals surface area contributed by atoms with Gasteiger partial charge in [0.05, 0.1) is 4.90 Å². The number of fused-ring (bicyclic) bond motifs is 1. The second-order valence-corrected chi connectivity index (χ2v) is 7.57. The van der Waals surface area contributed by atoms with Crippen LogP contribution in [0.1, 0.15) is 20.8 Å². The van der Waals surface area contributed by atoms with Gasteiger partial charge in [-0.15, -0.1) is 0 Å². The Bertz CT molecular complexity index is 741. The quantitative estimate of drug-likeness (QED) is 0.891. The second-order valence-electron chi connectivity index (χ2n) is 5.89. The molecule has 0 aromatic heterocycles. The first-order chi connectivity index (χ1) is 9.78. The summed E-state index contributed by atoms with van der Waals surface area (Å²) in [5.74, 6) is 0.0951. The number of hydrogen-bond acceptors (Lipinski definition) is 3. The fourth-order valence-electron chi connectivity index (χ4n) is 2.10. The molecule has 0 spiro atoms. The average molecular weight is 306 g/mol. The SMILES string of the molecule is CC(C)C(C)(CN)NS(=O)(=O)c1ccc2ccccc2c1. The lowest BCUT2D eigenvalue weighted by molar-refractivity contribution is 0.315. The summed E-state index contributed by atoms with van der Waals surface area (Å²) in [6.07, 6.45) is 0. The molecule has 1 atom stereocenters. The fourth-order valence-corrected chi connectivity index (χ4v) is 3.68. The van der Waals surface area contributed by atoms with E-state index in [0.717, 1.165) is 10.8 Å². The number of sulfonamides is 1. The summed E-state index contributed by atoms with van der Waals surface area (Å²) >= 11 is 0. The number of nitrogens with two attached hydrogens (primary N) is 1. The van der Waals surface area contributed by atoms with Gasteiger partial charge in [-0.1, -0.05) is 44.2 Å². The summed E-state index contributed by atoms with van der Waals surface area (Å²) < 4.78 is 27.9. The van der Waals surface area contributed by atoms with Gasteiger partial charge in [0.2, 0.25) is 10.0 Å². The van der Waals surface area contributed by atoms with Crippen molar-refractivity contribution in [3.63, 3.8) is 0 Å². The van der Waals surface area contributed by atoms with Crippen LogP contribution in [0.3, 0.4) is 0 Å². The maximum absolute atomic E-state index is 12.6. The molecule has 2 aromatic rings. The molecule has 0 aliphatic carbocycles. The van der Waals surface area contributed by atoms with Crippen LogP contribution in [0.15, 0.2) is 47.4 Å². The van der Waals surface area contributed by atoms with Crippen LogP contribution in [0.25, 0.3) is 10.8 Å². The summed E-state index contributed by atoms with van der Waals surface area (Å²) in [6, 6.07) is 12.8. The van der Waals surface area contributed by atoms with E-state index in [2.05, 4.69) is 4.72 Å². The molecular weight excluding hydrogens is 284 g/mol. The van der Waals surface area contributed by atoms with Crippen molar-refractivity contribution < 1.29 is 8.42 Å². The molecule has 0 fully saturated rings. The molecular formula is C16H22N2O2S. The van der Waals surface area contributed by atoms with Crippen LogP contribution in [0.4, 0.5) is 0 Å². The van der Waals surface area contributed by atoms with Crippen molar-refractivity contribution in [1.82, 2.24) is 4.72 Å². The topological polar surface area (TPSA) is 72.2 Å². The Kier molecular flexibility index (Phi) is 4.37. The highest BCUT2D eigenvalue weighted by molar-refractivity contribution is 7.89. The van der Waals surface area contributed by atoms with Gasteiger partial charge in [-0.2, -0.15) is 0 Å². The molecule has 2 aromatic carbocycles.